The third-order valence-corrected chi connectivity index (χ3v) is 10.0. The number of carbonyl (C=O) groups excluding carboxylic acids is 7. The third kappa shape index (κ3) is 9.65. The average Bonchev–Trinajstić information content (AvgIpc) is 3.90. The van der Waals surface area contributed by atoms with Crippen molar-refractivity contribution in [2.24, 2.45) is 29.1 Å². The molecule has 1 aromatic rings. The van der Waals surface area contributed by atoms with Gasteiger partial charge in [-0.15, -0.1) is 0 Å². The molecule has 6 atom stereocenters. The molecule has 280 valence electrons. The second-order valence-corrected chi connectivity index (χ2v) is 16.2. The molecule has 51 heavy (non-hydrogen) atoms. The monoisotopic (exact) mass is 710 g/mol. The minimum absolute atomic E-state index is 0.0463. The molecule has 4 N–H and O–H groups in total. The zero-order valence-electron chi connectivity index (χ0n) is 31.2. The Labute approximate surface area is 300 Å². The molecule has 1 saturated heterocycles. The predicted octanol–water partition coefficient (Wildman–Crippen LogP) is 1.93. The predicted molar refractivity (Wildman–Crippen MR) is 188 cm³/mol. The van der Waals surface area contributed by atoms with Gasteiger partial charge in [0.1, 0.15) is 23.7 Å². The number of amides is 6. The molecule has 4 rings (SSSR count). The minimum atomic E-state index is -1.17. The van der Waals surface area contributed by atoms with Crippen molar-refractivity contribution >= 4 is 41.4 Å². The lowest BCUT2D eigenvalue weighted by Gasteiger charge is -2.35. The van der Waals surface area contributed by atoms with Crippen LogP contribution in [0.1, 0.15) is 79.3 Å². The molecule has 0 spiro atoms. The number of ether oxygens (including phenoxy) is 1. The number of nitrogens with one attached hydrogen (secondary N) is 4. The number of fused-ring (bicyclic) bond motifs is 1. The standard InChI is InChI=1S/C37H54N6O8/c1-20(2)27(41-35(50)51-36(3,4)5)34(49)43-19-23-26(37(23,6)7)29(43)31(46)39-24(17-21-15-16-21)30(45)32(47)38-18-25(44)40-28(33(48)42(8)9)22-13-11-10-12-14-22/h10-14,20-21,23-24,26-29H,15-19H2,1-9H3,(H,38,47)(H,39,46)(H,40,44)(H,41,50)/t23?,24?,26-,27-,28-,29-/m0/s1. The van der Waals surface area contributed by atoms with Crippen LogP contribution in [-0.2, 0) is 33.5 Å². The molecule has 2 unspecified atom stereocenters. The lowest BCUT2D eigenvalue weighted by molar-refractivity contribution is -0.144. The quantitative estimate of drug-likeness (QED) is 0.211. The van der Waals surface area contributed by atoms with E-state index in [1.807, 2.05) is 13.8 Å². The van der Waals surface area contributed by atoms with Crippen LogP contribution in [0.5, 0.6) is 0 Å². The Morgan fingerprint density at radius 1 is 0.961 bits per heavy atom. The normalized spacial score (nSPS) is 22.1. The van der Waals surface area contributed by atoms with Gasteiger partial charge < -0.3 is 35.8 Å². The molecule has 1 aliphatic heterocycles. The van der Waals surface area contributed by atoms with Gasteiger partial charge in [0, 0.05) is 20.6 Å². The molecule has 2 aliphatic carbocycles. The van der Waals surface area contributed by atoms with Gasteiger partial charge in [0.05, 0.1) is 12.6 Å². The third-order valence-electron chi connectivity index (χ3n) is 10.0. The Morgan fingerprint density at radius 3 is 2.14 bits per heavy atom. The molecule has 6 amide bonds. The first-order valence-electron chi connectivity index (χ1n) is 17.7. The minimum Gasteiger partial charge on any atom is -0.444 e. The molecular weight excluding hydrogens is 656 g/mol. The molecule has 14 heteroatoms. The lowest BCUT2D eigenvalue weighted by atomic mass is 9.96. The van der Waals surface area contributed by atoms with E-state index in [0.717, 1.165) is 12.8 Å². The number of hydrogen-bond donors (Lipinski definition) is 4. The van der Waals surface area contributed by atoms with Crippen molar-refractivity contribution in [3.05, 3.63) is 35.9 Å². The number of hydrogen-bond acceptors (Lipinski definition) is 8. The van der Waals surface area contributed by atoms with Crippen molar-refractivity contribution in [1.82, 2.24) is 31.1 Å². The van der Waals surface area contributed by atoms with E-state index in [1.54, 1.807) is 79.0 Å². The SMILES string of the molecule is CC(C)[C@H](NC(=O)OC(C)(C)C)C(=O)N1CC2[C@@H]([C@H]1C(=O)NC(CC1CC1)C(=O)C(=O)NCC(=O)N[C@H](C(=O)N(C)C)c1ccccc1)C2(C)C. The summed E-state index contributed by atoms with van der Waals surface area (Å²) in [6.45, 7) is 12.6. The van der Waals surface area contributed by atoms with Crippen LogP contribution in [0.4, 0.5) is 4.79 Å². The van der Waals surface area contributed by atoms with Crippen molar-refractivity contribution in [3.8, 4) is 0 Å². The number of rotatable bonds is 14. The molecule has 3 aliphatic rings. The number of alkyl carbamates (subject to hydrolysis) is 1. The van der Waals surface area contributed by atoms with Gasteiger partial charge in [0.25, 0.3) is 5.91 Å². The summed E-state index contributed by atoms with van der Waals surface area (Å²) in [4.78, 5) is 95.8. The number of likely N-dealkylation sites (N-methyl/N-ethyl adjacent to an activating group) is 1. The number of benzene rings is 1. The highest BCUT2D eigenvalue weighted by atomic mass is 16.6. The van der Waals surface area contributed by atoms with Crippen molar-refractivity contribution in [1.29, 1.82) is 0 Å². The number of carbonyl (C=O) groups is 7. The van der Waals surface area contributed by atoms with Gasteiger partial charge >= 0.3 is 6.09 Å². The molecule has 0 aromatic heterocycles. The van der Waals surface area contributed by atoms with Crippen LogP contribution in [0.25, 0.3) is 0 Å². The fourth-order valence-corrected chi connectivity index (χ4v) is 6.92. The summed E-state index contributed by atoms with van der Waals surface area (Å²) in [5, 5.41) is 10.4. The molecular formula is C37H54N6O8. The highest BCUT2D eigenvalue weighted by Gasteiger charge is 2.69. The maximum Gasteiger partial charge on any atom is 0.408 e. The molecule has 14 nitrogen and oxygen atoms in total. The van der Waals surface area contributed by atoms with E-state index in [1.165, 1.54) is 9.80 Å². The Morgan fingerprint density at radius 2 is 1.59 bits per heavy atom. The van der Waals surface area contributed by atoms with Crippen molar-refractivity contribution < 1.29 is 38.3 Å². The topological polar surface area (TPSA) is 183 Å². The average molecular weight is 711 g/mol. The number of likely N-dealkylation sites (tertiary alicyclic amines) is 1. The van der Waals surface area contributed by atoms with Crippen LogP contribution in [0.15, 0.2) is 30.3 Å². The van der Waals surface area contributed by atoms with E-state index in [4.69, 9.17) is 4.74 Å². The maximum atomic E-state index is 14.1. The lowest BCUT2D eigenvalue weighted by Crippen LogP contribution is -2.59. The van der Waals surface area contributed by atoms with Crippen LogP contribution in [-0.4, -0.2) is 102 Å². The van der Waals surface area contributed by atoms with E-state index in [9.17, 15) is 33.6 Å². The van der Waals surface area contributed by atoms with Gasteiger partial charge in [-0.1, -0.05) is 70.9 Å². The van der Waals surface area contributed by atoms with Gasteiger partial charge in [0.2, 0.25) is 29.4 Å². The first kappa shape index (κ1) is 39.3. The van der Waals surface area contributed by atoms with Crippen LogP contribution in [0, 0.1) is 29.1 Å². The molecule has 2 saturated carbocycles. The zero-order chi connectivity index (χ0) is 38.0. The van der Waals surface area contributed by atoms with Gasteiger partial charge in [-0.3, -0.25) is 28.8 Å². The summed E-state index contributed by atoms with van der Waals surface area (Å²) in [5.41, 5.74) is -0.442. The zero-order valence-corrected chi connectivity index (χ0v) is 31.2. The summed E-state index contributed by atoms with van der Waals surface area (Å²) in [7, 11) is 3.13. The number of nitrogens with zero attached hydrogens (tertiary/aromatic N) is 2. The summed E-state index contributed by atoms with van der Waals surface area (Å²) in [5.74, 6) is -4.25. The van der Waals surface area contributed by atoms with Crippen molar-refractivity contribution in [3.63, 3.8) is 0 Å². The molecule has 3 fully saturated rings. The second kappa shape index (κ2) is 15.4. The number of piperidine rings is 1. The van der Waals surface area contributed by atoms with Gasteiger partial charge in [-0.2, -0.15) is 0 Å². The van der Waals surface area contributed by atoms with E-state index in [-0.39, 0.29) is 41.4 Å². The number of Topliss-reactive ketones (excluding diaryl/α,β-unsaturated/α-hetero) is 1. The Balaban J connectivity index is 1.44. The second-order valence-electron chi connectivity index (χ2n) is 16.2. The number of ketones is 1. The first-order valence-corrected chi connectivity index (χ1v) is 17.7. The molecule has 0 radical (unpaired) electrons. The Kier molecular flexibility index (Phi) is 11.9. The van der Waals surface area contributed by atoms with E-state index >= 15 is 0 Å². The fraction of sp³-hybridized carbons (Fsp3) is 0.649. The van der Waals surface area contributed by atoms with Gasteiger partial charge in [-0.05, 0) is 61.8 Å². The van der Waals surface area contributed by atoms with Crippen molar-refractivity contribution in [2.45, 2.75) is 97.5 Å². The van der Waals surface area contributed by atoms with Gasteiger partial charge in [0.15, 0.2) is 0 Å². The summed E-state index contributed by atoms with van der Waals surface area (Å²) in [6.07, 6.45) is 1.20. The summed E-state index contributed by atoms with van der Waals surface area (Å²) < 4.78 is 5.39. The Bertz CT molecular complexity index is 1520. The summed E-state index contributed by atoms with van der Waals surface area (Å²) in [6, 6.07) is 4.63. The van der Waals surface area contributed by atoms with E-state index in [0.29, 0.717) is 12.1 Å². The Hall–Kier alpha value is -4.49. The van der Waals surface area contributed by atoms with Crippen LogP contribution in [0.3, 0.4) is 0 Å². The van der Waals surface area contributed by atoms with E-state index in [2.05, 4.69) is 21.3 Å². The van der Waals surface area contributed by atoms with Crippen LogP contribution < -0.4 is 21.3 Å². The maximum absolute atomic E-state index is 14.1. The molecule has 1 aromatic carbocycles. The largest absolute Gasteiger partial charge is 0.444 e. The highest BCUT2D eigenvalue weighted by Crippen LogP contribution is 2.65. The first-order chi connectivity index (χ1) is 23.7. The summed E-state index contributed by atoms with van der Waals surface area (Å²) >= 11 is 0. The smallest absolute Gasteiger partial charge is 0.408 e. The fourth-order valence-electron chi connectivity index (χ4n) is 6.92. The van der Waals surface area contributed by atoms with Crippen LogP contribution >= 0.6 is 0 Å². The van der Waals surface area contributed by atoms with Gasteiger partial charge in [-0.25, -0.2) is 4.79 Å². The highest BCUT2D eigenvalue weighted by molar-refractivity contribution is 6.38. The van der Waals surface area contributed by atoms with E-state index < -0.39 is 71.8 Å². The van der Waals surface area contributed by atoms with Crippen molar-refractivity contribution in [2.75, 3.05) is 27.2 Å². The van der Waals surface area contributed by atoms with Crippen LogP contribution in [0.2, 0.25) is 0 Å². The molecule has 0 bridgehead atoms. The molecule has 1 heterocycles.